The van der Waals surface area contributed by atoms with Crippen LogP contribution in [0, 0.1) is 6.92 Å². The fraction of sp³-hybridized carbons (Fsp3) is 0.250. The summed E-state index contributed by atoms with van der Waals surface area (Å²) in [5.74, 6) is 0.411. The maximum atomic E-state index is 12.1. The summed E-state index contributed by atoms with van der Waals surface area (Å²) in [6.45, 7) is 6.35. The van der Waals surface area contributed by atoms with Crippen LogP contribution in [0.3, 0.4) is 0 Å². The number of para-hydroxylation sites is 1. The minimum Gasteiger partial charge on any atom is -0.314 e. The van der Waals surface area contributed by atoms with Gasteiger partial charge in [0.25, 0.3) is 0 Å². The van der Waals surface area contributed by atoms with Crippen LogP contribution < -0.4 is 10.6 Å². The van der Waals surface area contributed by atoms with E-state index in [4.69, 9.17) is 0 Å². The van der Waals surface area contributed by atoms with Gasteiger partial charge < -0.3 is 10.6 Å². The summed E-state index contributed by atoms with van der Waals surface area (Å²) in [6.07, 6.45) is 4.60. The Labute approximate surface area is 138 Å². The second-order valence-corrected chi connectivity index (χ2v) is 5.68. The third-order valence-electron chi connectivity index (χ3n) is 4.02. The van der Waals surface area contributed by atoms with Crippen molar-refractivity contribution in [2.45, 2.75) is 33.1 Å². The Hall–Kier alpha value is -2.55. The lowest BCUT2D eigenvalue weighted by molar-refractivity contribution is 0.255. The highest BCUT2D eigenvalue weighted by Crippen LogP contribution is 2.26. The minimum absolute atomic E-state index is 0.231. The van der Waals surface area contributed by atoms with Crippen LogP contribution in [0.25, 0.3) is 6.08 Å². The Balaban J connectivity index is 1.99. The van der Waals surface area contributed by atoms with Gasteiger partial charge in [-0.2, -0.15) is 0 Å². The van der Waals surface area contributed by atoms with E-state index in [0.29, 0.717) is 5.92 Å². The molecule has 120 valence electrons. The van der Waals surface area contributed by atoms with Gasteiger partial charge in [0.2, 0.25) is 0 Å². The summed E-state index contributed by atoms with van der Waals surface area (Å²) in [5, 5.41) is 5.69. The molecule has 0 bridgehead atoms. The lowest BCUT2D eigenvalue weighted by Crippen LogP contribution is -2.24. The largest absolute Gasteiger partial charge is 0.323 e. The number of nitrogens with one attached hydrogen (secondary N) is 2. The maximum absolute atomic E-state index is 12.1. The van der Waals surface area contributed by atoms with Gasteiger partial charge in [-0.05, 0) is 48.1 Å². The zero-order valence-electron chi connectivity index (χ0n) is 14.0. The molecule has 0 saturated heterocycles. The minimum atomic E-state index is -0.231. The average Bonchev–Trinajstić information content (AvgIpc) is 2.56. The van der Waals surface area contributed by atoms with E-state index in [2.05, 4.69) is 30.5 Å². The molecule has 0 heterocycles. The molecule has 0 fully saturated rings. The number of carbonyl (C=O) groups is 1. The second-order valence-electron chi connectivity index (χ2n) is 5.68. The molecule has 3 heteroatoms. The Morgan fingerprint density at radius 2 is 1.83 bits per heavy atom. The first-order valence-electron chi connectivity index (χ1n) is 8.00. The van der Waals surface area contributed by atoms with Crippen molar-refractivity contribution >= 4 is 17.8 Å². The number of anilines is 1. The lowest BCUT2D eigenvalue weighted by atomic mass is 9.97. The van der Waals surface area contributed by atoms with Crippen LogP contribution in [0.4, 0.5) is 10.5 Å². The van der Waals surface area contributed by atoms with E-state index in [1.165, 1.54) is 5.56 Å². The molecule has 2 N–H and O–H groups in total. The predicted octanol–water partition coefficient (Wildman–Crippen LogP) is 5.30. The van der Waals surface area contributed by atoms with Crippen molar-refractivity contribution in [2.24, 2.45) is 0 Å². The smallest absolute Gasteiger partial charge is 0.314 e. The van der Waals surface area contributed by atoms with Crippen molar-refractivity contribution in [3.63, 3.8) is 0 Å². The molecule has 2 amide bonds. The summed E-state index contributed by atoms with van der Waals surface area (Å²) in [7, 11) is 0. The van der Waals surface area contributed by atoms with Crippen molar-refractivity contribution in [3.05, 3.63) is 71.4 Å². The van der Waals surface area contributed by atoms with Crippen LogP contribution in [0.2, 0.25) is 0 Å². The summed E-state index contributed by atoms with van der Waals surface area (Å²) in [5.41, 5.74) is 4.29. The maximum Gasteiger partial charge on any atom is 0.323 e. The van der Waals surface area contributed by atoms with E-state index in [9.17, 15) is 4.79 Å². The summed E-state index contributed by atoms with van der Waals surface area (Å²) in [6, 6.07) is 15.7. The third kappa shape index (κ3) is 4.71. The van der Waals surface area contributed by atoms with Gasteiger partial charge in [-0.25, -0.2) is 4.79 Å². The van der Waals surface area contributed by atoms with Gasteiger partial charge >= 0.3 is 6.03 Å². The molecular formula is C20H24N2O. The summed E-state index contributed by atoms with van der Waals surface area (Å²) in [4.78, 5) is 12.1. The zero-order chi connectivity index (χ0) is 16.7. The molecule has 0 aliphatic rings. The fourth-order valence-electron chi connectivity index (χ4n) is 2.40. The number of amides is 2. The Morgan fingerprint density at radius 3 is 2.57 bits per heavy atom. The quantitative estimate of drug-likeness (QED) is 0.773. The number of urea groups is 1. The van der Waals surface area contributed by atoms with Gasteiger partial charge in [-0.3, -0.25) is 0 Å². The highest BCUT2D eigenvalue weighted by atomic mass is 16.2. The van der Waals surface area contributed by atoms with E-state index in [1.807, 2.05) is 55.5 Å². The predicted molar refractivity (Wildman–Crippen MR) is 97.5 cm³/mol. The topological polar surface area (TPSA) is 41.1 Å². The molecule has 1 atom stereocenters. The first-order chi connectivity index (χ1) is 11.1. The SMILES string of the molecule is CCC(C)c1ccccc1NC(=O)N/C=C/c1ccccc1C. The molecule has 0 aromatic heterocycles. The van der Waals surface area contributed by atoms with Crippen LogP contribution in [-0.2, 0) is 0 Å². The average molecular weight is 308 g/mol. The fourth-order valence-corrected chi connectivity index (χ4v) is 2.40. The van der Waals surface area contributed by atoms with Crippen LogP contribution in [-0.4, -0.2) is 6.03 Å². The Kier molecular flexibility index (Phi) is 5.98. The van der Waals surface area contributed by atoms with E-state index in [1.54, 1.807) is 6.20 Å². The molecule has 0 spiro atoms. The van der Waals surface area contributed by atoms with Crippen LogP contribution in [0.15, 0.2) is 54.7 Å². The van der Waals surface area contributed by atoms with Gasteiger partial charge in [0.15, 0.2) is 0 Å². The lowest BCUT2D eigenvalue weighted by Gasteiger charge is -2.15. The molecule has 2 rings (SSSR count). The van der Waals surface area contributed by atoms with Crippen LogP contribution in [0.1, 0.15) is 42.9 Å². The number of aryl methyl sites for hydroxylation is 1. The van der Waals surface area contributed by atoms with Gasteiger partial charge in [-0.1, -0.05) is 56.3 Å². The molecule has 1 unspecified atom stereocenters. The monoisotopic (exact) mass is 308 g/mol. The molecular weight excluding hydrogens is 284 g/mol. The van der Waals surface area contributed by atoms with Crippen molar-refractivity contribution in [1.29, 1.82) is 0 Å². The molecule has 2 aromatic rings. The highest BCUT2D eigenvalue weighted by Gasteiger charge is 2.10. The van der Waals surface area contributed by atoms with Gasteiger partial charge in [0.1, 0.15) is 0 Å². The molecule has 0 saturated carbocycles. The number of rotatable bonds is 5. The summed E-state index contributed by atoms with van der Waals surface area (Å²) < 4.78 is 0. The van der Waals surface area contributed by atoms with Crippen molar-refractivity contribution in [1.82, 2.24) is 5.32 Å². The van der Waals surface area contributed by atoms with Crippen LogP contribution in [0.5, 0.6) is 0 Å². The van der Waals surface area contributed by atoms with E-state index >= 15 is 0 Å². The molecule has 0 aliphatic carbocycles. The van der Waals surface area contributed by atoms with Gasteiger partial charge in [-0.15, -0.1) is 0 Å². The third-order valence-corrected chi connectivity index (χ3v) is 4.02. The molecule has 2 aromatic carbocycles. The van der Waals surface area contributed by atoms with E-state index in [0.717, 1.165) is 23.2 Å². The first-order valence-corrected chi connectivity index (χ1v) is 8.00. The second kappa shape index (κ2) is 8.18. The Morgan fingerprint density at radius 1 is 1.13 bits per heavy atom. The number of hydrogen-bond acceptors (Lipinski definition) is 1. The van der Waals surface area contributed by atoms with Gasteiger partial charge in [0.05, 0.1) is 0 Å². The van der Waals surface area contributed by atoms with Crippen molar-refractivity contribution < 1.29 is 4.79 Å². The van der Waals surface area contributed by atoms with E-state index < -0.39 is 0 Å². The molecule has 0 aliphatic heterocycles. The number of carbonyl (C=O) groups excluding carboxylic acids is 1. The summed E-state index contributed by atoms with van der Waals surface area (Å²) >= 11 is 0. The first kappa shape index (κ1) is 16.8. The molecule has 23 heavy (non-hydrogen) atoms. The van der Waals surface area contributed by atoms with Gasteiger partial charge in [0, 0.05) is 11.9 Å². The standard InChI is InChI=1S/C20H24N2O/c1-4-15(2)18-11-7-8-12-19(18)22-20(23)21-14-13-17-10-6-5-9-16(17)3/h5-15H,4H2,1-3H3,(H2,21,22,23)/b14-13+. The molecule has 3 nitrogen and oxygen atoms in total. The highest BCUT2D eigenvalue weighted by molar-refractivity contribution is 5.91. The number of benzene rings is 2. The van der Waals surface area contributed by atoms with E-state index in [-0.39, 0.29) is 6.03 Å². The van der Waals surface area contributed by atoms with Crippen LogP contribution >= 0.6 is 0 Å². The zero-order valence-corrected chi connectivity index (χ0v) is 14.0. The normalized spacial score (nSPS) is 12.1. The Bertz CT molecular complexity index is 692. The van der Waals surface area contributed by atoms with Crippen molar-refractivity contribution in [2.75, 3.05) is 5.32 Å². The number of hydrogen-bond donors (Lipinski definition) is 2. The molecule has 0 radical (unpaired) electrons. The van der Waals surface area contributed by atoms with Crippen molar-refractivity contribution in [3.8, 4) is 0 Å².